The lowest BCUT2D eigenvalue weighted by Crippen LogP contribution is -2.20. The Labute approximate surface area is 98.7 Å². The molecular formula is C12H15NO2S. The predicted octanol–water partition coefficient (Wildman–Crippen LogP) is 2.47. The summed E-state index contributed by atoms with van der Waals surface area (Å²) in [5, 5.41) is 15.1. The van der Waals surface area contributed by atoms with Crippen molar-refractivity contribution in [1.82, 2.24) is 5.32 Å². The van der Waals surface area contributed by atoms with E-state index in [1.54, 1.807) is 29.7 Å². The lowest BCUT2D eigenvalue weighted by atomic mass is 10.2. The molecule has 2 aromatic heterocycles. The number of aliphatic hydroxyl groups is 1. The maximum absolute atomic E-state index is 9.75. The summed E-state index contributed by atoms with van der Waals surface area (Å²) in [6.45, 7) is 3.39. The zero-order chi connectivity index (χ0) is 11.4. The van der Waals surface area contributed by atoms with E-state index in [1.165, 1.54) is 10.4 Å². The molecular weight excluding hydrogens is 222 g/mol. The van der Waals surface area contributed by atoms with Gasteiger partial charge in [0.15, 0.2) is 0 Å². The predicted molar refractivity (Wildman–Crippen MR) is 64.4 cm³/mol. The third kappa shape index (κ3) is 2.72. The van der Waals surface area contributed by atoms with Crippen LogP contribution in [0.5, 0.6) is 0 Å². The SMILES string of the molecule is Cc1ccsc1CNC[C@@H](O)c1ccco1. The highest BCUT2D eigenvalue weighted by Crippen LogP contribution is 2.16. The van der Waals surface area contributed by atoms with Gasteiger partial charge in [0.05, 0.1) is 6.26 Å². The third-order valence-electron chi connectivity index (χ3n) is 2.46. The van der Waals surface area contributed by atoms with E-state index in [2.05, 4.69) is 23.7 Å². The molecule has 16 heavy (non-hydrogen) atoms. The van der Waals surface area contributed by atoms with Crippen molar-refractivity contribution < 1.29 is 9.52 Å². The summed E-state index contributed by atoms with van der Waals surface area (Å²) in [7, 11) is 0. The Morgan fingerprint density at radius 2 is 2.38 bits per heavy atom. The monoisotopic (exact) mass is 237 g/mol. The van der Waals surface area contributed by atoms with Crippen LogP contribution in [0, 0.1) is 6.92 Å². The Balaban J connectivity index is 1.78. The first-order valence-corrected chi connectivity index (χ1v) is 6.10. The summed E-state index contributed by atoms with van der Waals surface area (Å²) in [6.07, 6.45) is 0.998. The number of aryl methyl sites for hydroxylation is 1. The molecule has 0 bridgehead atoms. The second-order valence-corrected chi connectivity index (χ2v) is 4.69. The van der Waals surface area contributed by atoms with E-state index < -0.39 is 6.10 Å². The van der Waals surface area contributed by atoms with Gasteiger partial charge in [-0.2, -0.15) is 0 Å². The van der Waals surface area contributed by atoms with Gasteiger partial charge in [-0.1, -0.05) is 0 Å². The lowest BCUT2D eigenvalue weighted by molar-refractivity contribution is 0.147. The largest absolute Gasteiger partial charge is 0.467 e. The second kappa shape index (κ2) is 5.30. The summed E-state index contributed by atoms with van der Waals surface area (Å²) in [4.78, 5) is 1.31. The van der Waals surface area contributed by atoms with Gasteiger partial charge in [-0.05, 0) is 36.1 Å². The smallest absolute Gasteiger partial charge is 0.133 e. The maximum Gasteiger partial charge on any atom is 0.133 e. The summed E-state index contributed by atoms with van der Waals surface area (Å²) in [6, 6.07) is 5.66. The fraction of sp³-hybridized carbons (Fsp3) is 0.333. The number of rotatable bonds is 5. The van der Waals surface area contributed by atoms with Crippen LogP contribution in [0.1, 0.15) is 22.3 Å². The number of nitrogens with one attached hydrogen (secondary N) is 1. The molecule has 0 unspecified atom stereocenters. The van der Waals surface area contributed by atoms with E-state index in [-0.39, 0.29) is 0 Å². The van der Waals surface area contributed by atoms with Crippen molar-refractivity contribution in [2.45, 2.75) is 19.6 Å². The molecule has 0 fully saturated rings. The molecule has 0 radical (unpaired) electrons. The molecule has 2 aromatic rings. The number of hydrogen-bond donors (Lipinski definition) is 2. The van der Waals surface area contributed by atoms with Gasteiger partial charge in [0, 0.05) is 18.0 Å². The van der Waals surface area contributed by atoms with Crippen molar-refractivity contribution in [1.29, 1.82) is 0 Å². The minimum Gasteiger partial charge on any atom is -0.467 e. The Kier molecular flexibility index (Phi) is 3.77. The Hall–Kier alpha value is -1.10. The molecule has 2 heterocycles. The Morgan fingerprint density at radius 1 is 1.50 bits per heavy atom. The molecule has 0 amide bonds. The molecule has 0 aliphatic carbocycles. The van der Waals surface area contributed by atoms with Crippen LogP contribution in [-0.2, 0) is 6.54 Å². The summed E-state index contributed by atoms with van der Waals surface area (Å²) >= 11 is 1.73. The van der Waals surface area contributed by atoms with Crippen LogP contribution in [0.2, 0.25) is 0 Å². The minimum atomic E-state index is -0.574. The number of hydrogen-bond acceptors (Lipinski definition) is 4. The molecule has 0 aliphatic rings. The van der Waals surface area contributed by atoms with Gasteiger partial charge >= 0.3 is 0 Å². The van der Waals surface area contributed by atoms with Gasteiger partial charge in [0.1, 0.15) is 11.9 Å². The van der Waals surface area contributed by atoms with E-state index >= 15 is 0 Å². The van der Waals surface area contributed by atoms with Gasteiger partial charge < -0.3 is 14.8 Å². The van der Waals surface area contributed by atoms with Crippen LogP contribution in [0.3, 0.4) is 0 Å². The topological polar surface area (TPSA) is 45.4 Å². The highest BCUT2D eigenvalue weighted by molar-refractivity contribution is 7.10. The van der Waals surface area contributed by atoms with E-state index in [9.17, 15) is 5.11 Å². The molecule has 4 heteroatoms. The fourth-order valence-corrected chi connectivity index (χ4v) is 2.36. The zero-order valence-electron chi connectivity index (χ0n) is 9.14. The second-order valence-electron chi connectivity index (χ2n) is 3.69. The van der Waals surface area contributed by atoms with Gasteiger partial charge in [-0.3, -0.25) is 0 Å². The minimum absolute atomic E-state index is 0.505. The van der Waals surface area contributed by atoms with Crippen LogP contribution in [0.25, 0.3) is 0 Å². The molecule has 0 aliphatic heterocycles. The summed E-state index contributed by atoms with van der Waals surface area (Å²) in [5.74, 6) is 0.607. The Bertz CT molecular complexity index is 422. The lowest BCUT2D eigenvalue weighted by Gasteiger charge is -2.08. The average molecular weight is 237 g/mol. The van der Waals surface area contributed by atoms with E-state index in [0.29, 0.717) is 12.3 Å². The van der Waals surface area contributed by atoms with Crippen molar-refractivity contribution >= 4 is 11.3 Å². The standard InChI is InChI=1S/C12H15NO2S/c1-9-4-6-16-12(9)8-13-7-10(14)11-3-2-5-15-11/h2-6,10,13-14H,7-8H2,1H3/t10-/m1/s1. The van der Waals surface area contributed by atoms with Crippen LogP contribution >= 0.6 is 11.3 Å². The Morgan fingerprint density at radius 3 is 3.00 bits per heavy atom. The van der Waals surface area contributed by atoms with E-state index in [1.807, 2.05) is 0 Å². The average Bonchev–Trinajstić information content (AvgIpc) is 2.90. The zero-order valence-corrected chi connectivity index (χ0v) is 9.96. The number of thiophene rings is 1. The highest BCUT2D eigenvalue weighted by Gasteiger charge is 2.09. The third-order valence-corrected chi connectivity index (χ3v) is 3.49. The van der Waals surface area contributed by atoms with Gasteiger partial charge in [-0.25, -0.2) is 0 Å². The van der Waals surface area contributed by atoms with Crippen molar-refractivity contribution in [2.75, 3.05) is 6.54 Å². The molecule has 0 saturated heterocycles. The molecule has 0 spiro atoms. The van der Waals surface area contributed by atoms with E-state index in [0.717, 1.165) is 6.54 Å². The molecule has 0 aromatic carbocycles. The molecule has 0 saturated carbocycles. The van der Waals surface area contributed by atoms with E-state index in [4.69, 9.17) is 4.42 Å². The molecule has 3 nitrogen and oxygen atoms in total. The fourth-order valence-electron chi connectivity index (χ4n) is 1.49. The molecule has 2 rings (SSSR count). The van der Waals surface area contributed by atoms with Gasteiger partial charge in [0.2, 0.25) is 0 Å². The van der Waals surface area contributed by atoms with Gasteiger partial charge in [0.25, 0.3) is 0 Å². The van der Waals surface area contributed by atoms with Crippen molar-refractivity contribution in [2.24, 2.45) is 0 Å². The maximum atomic E-state index is 9.75. The van der Waals surface area contributed by atoms with Crippen molar-refractivity contribution in [3.63, 3.8) is 0 Å². The summed E-state index contributed by atoms with van der Waals surface area (Å²) < 4.78 is 5.12. The normalized spacial score (nSPS) is 12.9. The van der Waals surface area contributed by atoms with Gasteiger partial charge in [-0.15, -0.1) is 11.3 Å². The molecule has 86 valence electrons. The van der Waals surface area contributed by atoms with Crippen LogP contribution in [0.4, 0.5) is 0 Å². The van der Waals surface area contributed by atoms with Crippen molar-refractivity contribution in [3.05, 3.63) is 46.0 Å². The van der Waals surface area contributed by atoms with Crippen LogP contribution in [-0.4, -0.2) is 11.7 Å². The highest BCUT2D eigenvalue weighted by atomic mass is 32.1. The van der Waals surface area contributed by atoms with Crippen LogP contribution < -0.4 is 5.32 Å². The first-order valence-electron chi connectivity index (χ1n) is 5.22. The van der Waals surface area contributed by atoms with Crippen LogP contribution in [0.15, 0.2) is 34.3 Å². The summed E-state index contributed by atoms with van der Waals surface area (Å²) in [5.41, 5.74) is 1.30. The first kappa shape index (κ1) is 11.4. The number of furan rings is 1. The van der Waals surface area contributed by atoms with Crippen molar-refractivity contribution in [3.8, 4) is 0 Å². The first-order chi connectivity index (χ1) is 7.77. The molecule has 2 N–H and O–H groups in total. The quantitative estimate of drug-likeness (QED) is 0.839. The number of aliphatic hydroxyl groups excluding tert-OH is 1. The molecule has 1 atom stereocenters.